The normalized spacial score (nSPS) is 14.0. The summed E-state index contributed by atoms with van der Waals surface area (Å²) in [7, 11) is 14.0. The van der Waals surface area contributed by atoms with E-state index in [9.17, 15) is 38.4 Å². The third kappa shape index (κ3) is 25.0. The zero-order valence-corrected chi connectivity index (χ0v) is 79.5. The van der Waals surface area contributed by atoms with Gasteiger partial charge in [-0.2, -0.15) is 12.6 Å². The molecule has 0 aliphatic carbocycles. The van der Waals surface area contributed by atoms with Gasteiger partial charge in [0.15, 0.2) is 23.0 Å². The van der Waals surface area contributed by atoms with Crippen LogP contribution in [-0.4, -0.2) is 165 Å². The number of benzene rings is 6. The summed E-state index contributed by atoms with van der Waals surface area (Å²) in [4.78, 5) is 118. The minimum absolute atomic E-state index is 0.0927. The zero-order chi connectivity index (χ0) is 92.2. The van der Waals surface area contributed by atoms with Gasteiger partial charge in [0.1, 0.15) is 22.8 Å². The van der Waals surface area contributed by atoms with Crippen LogP contribution in [0.2, 0.25) is 0 Å². The number of aromatic nitrogens is 4. The molecule has 2 atom stereocenters. The van der Waals surface area contributed by atoms with Gasteiger partial charge in [0.2, 0.25) is 11.8 Å². The molecule has 0 saturated carbocycles. The van der Waals surface area contributed by atoms with Crippen LogP contribution < -0.4 is 60.6 Å². The van der Waals surface area contributed by atoms with Gasteiger partial charge < -0.3 is 69.1 Å². The van der Waals surface area contributed by atoms with Crippen molar-refractivity contribution in [2.75, 3.05) is 96.3 Å². The van der Waals surface area contributed by atoms with Crippen LogP contribution in [0.15, 0.2) is 180 Å². The van der Waals surface area contributed by atoms with Crippen LogP contribution in [0, 0.1) is 0 Å². The Morgan fingerprint density at radius 1 is 0.465 bits per heavy atom. The predicted molar refractivity (Wildman–Crippen MR) is 528 cm³/mol. The van der Waals surface area contributed by atoms with Crippen LogP contribution in [0.3, 0.4) is 0 Å². The summed E-state index contributed by atoms with van der Waals surface area (Å²) in [6.07, 6.45) is 28.6. The van der Waals surface area contributed by atoms with E-state index in [0.717, 1.165) is 44.8 Å². The Hall–Kier alpha value is -11.8. The van der Waals surface area contributed by atoms with E-state index >= 15 is 0 Å². The van der Waals surface area contributed by atoms with Crippen molar-refractivity contribution in [3.8, 4) is 45.3 Å². The average Bonchev–Trinajstić information content (AvgIpc) is 1.61. The number of para-hydroxylation sites is 2. The van der Waals surface area contributed by atoms with Crippen molar-refractivity contribution in [2.24, 2.45) is 38.2 Å². The molecule has 8 amide bonds. The molecule has 0 bridgehead atoms. The van der Waals surface area contributed by atoms with Gasteiger partial charge in [0.05, 0.1) is 73.4 Å². The second-order valence-electron chi connectivity index (χ2n) is 33.8. The molecule has 0 spiro atoms. The molecule has 6 N–H and O–H groups in total. The van der Waals surface area contributed by atoms with Gasteiger partial charge >= 0.3 is 0 Å². The number of hydrogen-bond acceptors (Lipinski definition) is 17. The van der Waals surface area contributed by atoms with Gasteiger partial charge in [0, 0.05) is 160 Å². The zero-order valence-electron chi connectivity index (χ0n) is 76.1. The number of rotatable bonds is 37. The Morgan fingerprint density at radius 2 is 0.853 bits per heavy atom. The molecule has 30 heteroatoms. The van der Waals surface area contributed by atoms with Crippen LogP contribution in [0.4, 0.5) is 45.5 Å². The first-order valence-electron chi connectivity index (χ1n) is 43.9. The molecule has 129 heavy (non-hydrogen) atoms. The minimum Gasteiger partial charge on any atom is -0.493 e. The molecular weight excluding hydrogens is 1700 g/mol. The van der Waals surface area contributed by atoms with Crippen LogP contribution in [-0.2, 0) is 50.6 Å². The molecule has 680 valence electrons. The lowest BCUT2D eigenvalue weighted by molar-refractivity contribution is -0.117. The Kier molecular flexibility index (Phi) is 33.2. The smallest absolute Gasteiger partial charge is 0.272 e. The number of aryl methyl sites for hydroxylation is 4. The fraction of sp³-hybridized carbons (Fsp3) is 0.374. The van der Waals surface area contributed by atoms with E-state index < -0.39 is 0 Å². The Morgan fingerprint density at radius 3 is 1.24 bits per heavy atom. The molecule has 0 fully saturated rings. The van der Waals surface area contributed by atoms with E-state index in [4.69, 9.17) is 18.9 Å². The van der Waals surface area contributed by atoms with E-state index in [-0.39, 0.29) is 94.9 Å². The van der Waals surface area contributed by atoms with Crippen molar-refractivity contribution in [2.45, 2.75) is 147 Å². The lowest BCUT2D eigenvalue weighted by Crippen LogP contribution is -2.37. The summed E-state index contributed by atoms with van der Waals surface area (Å²) >= 11 is 4.47. The van der Waals surface area contributed by atoms with Gasteiger partial charge in [-0.25, -0.2) is 0 Å². The maximum absolute atomic E-state index is 13.7. The largest absolute Gasteiger partial charge is 0.493 e. The summed E-state index contributed by atoms with van der Waals surface area (Å²) in [5.74, 6) is -0.0667. The summed E-state index contributed by atoms with van der Waals surface area (Å²) in [6, 6.07) is 43.9. The SMILES string of the molecule is CCCCP(CCCC)CCCC.COc1cc2c(cc1OCCCC(=O)Nc1cc(C(=O)Nc3ccc(-c4cc(C(=O)NCC(C)(C)S)n(C)c4)cc3)n(C)c1)N=C[C@@H]1Cc3ccccc3N1C2=O.COc1cc2c(cc1OCCCC(=O)Nc1cc(C(=O)Nc3ccc(-c4cc(C(=O)NCC(C)(C)SSC)n(C)c4)cc3)n(C)c1)N=C[C@@H]1Cc3ccccc3N1C2=O. The molecule has 4 aromatic heterocycles. The minimum atomic E-state index is -0.337. The third-order valence-electron chi connectivity index (χ3n) is 22.5. The van der Waals surface area contributed by atoms with Crippen molar-refractivity contribution in [3.05, 3.63) is 215 Å². The number of fused-ring (bicyclic) bond motifs is 8. The Labute approximate surface area is 770 Å². The van der Waals surface area contributed by atoms with Gasteiger partial charge in [-0.1, -0.05) is 122 Å². The lowest BCUT2D eigenvalue weighted by atomic mass is 10.1. The van der Waals surface area contributed by atoms with Crippen LogP contribution >= 0.6 is 42.1 Å². The van der Waals surface area contributed by atoms with E-state index in [1.165, 1.54) is 52.7 Å². The molecule has 0 radical (unpaired) electrons. The summed E-state index contributed by atoms with van der Waals surface area (Å²) in [5, 5.41) is 17.5. The number of carbonyl (C=O) groups excluding carboxylic acids is 8. The number of methoxy groups -OCH3 is 2. The van der Waals surface area contributed by atoms with Crippen molar-refractivity contribution in [1.29, 1.82) is 0 Å². The van der Waals surface area contributed by atoms with E-state index in [1.807, 2.05) is 148 Å². The first kappa shape index (κ1) is 96.3. The number of aliphatic imine (C=N–C) groups is 2. The molecular formula is C99H119N14O12PS3. The van der Waals surface area contributed by atoms with Crippen molar-refractivity contribution >= 4 is 147 Å². The molecule has 10 aromatic rings. The second kappa shape index (κ2) is 44.5. The average molecular weight is 1820 g/mol. The van der Waals surface area contributed by atoms with Gasteiger partial charge in [-0.3, -0.25) is 58.1 Å². The van der Waals surface area contributed by atoms with Crippen LogP contribution in [0.25, 0.3) is 22.3 Å². The first-order chi connectivity index (χ1) is 62.0. The topological polar surface area (TPSA) is 297 Å². The molecule has 4 aliphatic rings. The Balaban J connectivity index is 0.000000205. The molecule has 14 rings (SSSR count). The maximum Gasteiger partial charge on any atom is 0.272 e. The molecule has 8 heterocycles. The standard InChI is InChI=1S/C44H47N7O6S2.C43H45N7O6S.C12H27P/c1-44(2,59-58-6)26-46-41(53)36-19-29(24-49(36)3)27-13-15-30(16-14-27)48-42(54)37-20-31(25-50(37)4)47-40(52)12-9-17-57-39-22-34-33(21-38(39)56-5)43(55)51-32(23-45-34)18-28-10-7-8-11-35(28)51;1-43(2,57)25-45-40(52)35-18-28(23-48(35)3)26-12-14-29(15-13-26)47-41(53)36-19-30(24-49(36)4)46-39(51)11-8-16-56-38-21-33-32(20-37(38)55-5)42(54)50-31(22-44-33)17-27-9-6-7-10-34(27)50;1-4-7-10-13(11-8-5-2)12-9-6-3/h7-8,10-11,13-16,19-25,32H,9,12,17-18,26H2,1-6H3,(H,46,53)(H,47,52)(H,48,54);6-7,9-10,12-15,18-24,31,57H,8,11,16-17,25H2,1-5H3,(H,45,52)(H,46,51)(H,47,53);4-12H2,1-3H3/t32-;31-;/m00./s1. The highest BCUT2D eigenvalue weighted by atomic mass is 33.1. The lowest BCUT2D eigenvalue weighted by Gasteiger charge is -2.22. The summed E-state index contributed by atoms with van der Waals surface area (Å²) < 4.78 is 29.7. The molecule has 4 aliphatic heterocycles. The first-order valence-corrected chi connectivity index (χ1v) is 48.8. The van der Waals surface area contributed by atoms with E-state index in [2.05, 4.69) is 89.1 Å². The second-order valence-corrected chi connectivity index (χ2v) is 40.8. The molecule has 26 nitrogen and oxygen atoms in total. The highest BCUT2D eigenvalue weighted by Crippen LogP contribution is 2.45. The number of amides is 8. The third-order valence-corrected chi connectivity index (χ3v) is 28.1. The van der Waals surface area contributed by atoms with Crippen LogP contribution in [0.5, 0.6) is 23.0 Å². The number of carbonyl (C=O) groups is 8. The number of hydrogen-bond donors (Lipinski definition) is 7. The van der Waals surface area contributed by atoms with Gasteiger partial charge in [-0.05, 0) is 180 Å². The summed E-state index contributed by atoms with van der Waals surface area (Å²) in [5.41, 5.74) is 13.4. The number of unbranched alkanes of at least 4 members (excludes halogenated alkanes) is 3. The maximum atomic E-state index is 13.7. The number of nitrogens with zero attached hydrogens (tertiary/aromatic N) is 8. The fourth-order valence-electron chi connectivity index (χ4n) is 15.7. The molecule has 6 aromatic carbocycles. The van der Waals surface area contributed by atoms with Gasteiger partial charge in [0.25, 0.3) is 35.4 Å². The van der Waals surface area contributed by atoms with Crippen molar-refractivity contribution in [3.63, 3.8) is 0 Å². The summed E-state index contributed by atoms with van der Waals surface area (Å²) in [6.45, 7) is 16.4. The van der Waals surface area contributed by atoms with E-state index in [0.29, 0.717) is 138 Å². The highest BCUT2D eigenvalue weighted by molar-refractivity contribution is 8.77. The number of ether oxygens (including phenoxy) is 4. The number of nitrogens with one attached hydrogen (secondary N) is 6. The van der Waals surface area contributed by atoms with Crippen LogP contribution in [0.1, 0.15) is 186 Å². The number of anilines is 6. The predicted octanol–water partition coefficient (Wildman–Crippen LogP) is 19.6. The van der Waals surface area contributed by atoms with Crippen molar-refractivity contribution < 1.29 is 57.3 Å². The van der Waals surface area contributed by atoms with Crippen molar-refractivity contribution in [1.82, 2.24) is 28.9 Å². The highest BCUT2D eigenvalue weighted by Gasteiger charge is 2.39. The molecule has 0 saturated heterocycles. The van der Waals surface area contributed by atoms with E-state index in [1.54, 1.807) is 151 Å². The number of thiol groups is 1. The van der Waals surface area contributed by atoms with Gasteiger partial charge in [-0.15, -0.1) is 7.92 Å². The fourth-order valence-corrected chi connectivity index (χ4v) is 20.8. The quantitative estimate of drug-likeness (QED) is 0.00825. The monoisotopic (exact) mass is 1820 g/mol. The Bertz CT molecular complexity index is 5730. The molecule has 0 unspecified atom stereocenters.